The maximum Gasteiger partial charge on any atom is 0.326 e. The number of urea groups is 1. The Morgan fingerprint density at radius 1 is 1.34 bits per heavy atom. The normalized spacial score (nSPS) is 16.4. The third kappa shape index (κ3) is 3.82. The van der Waals surface area contributed by atoms with Crippen LogP contribution >= 0.6 is 11.8 Å². The Kier molecular flexibility index (Phi) is 5.89. The van der Waals surface area contributed by atoms with Gasteiger partial charge in [0.05, 0.1) is 28.9 Å². The second kappa shape index (κ2) is 8.37. The van der Waals surface area contributed by atoms with Crippen LogP contribution in [0, 0.1) is 11.3 Å². The van der Waals surface area contributed by atoms with E-state index in [0.29, 0.717) is 28.1 Å². The van der Waals surface area contributed by atoms with Gasteiger partial charge in [0.2, 0.25) is 5.91 Å². The summed E-state index contributed by atoms with van der Waals surface area (Å²) in [5.41, 5.74) is 8.30. The number of primary amides is 1. The molecule has 29 heavy (non-hydrogen) atoms. The summed E-state index contributed by atoms with van der Waals surface area (Å²) in [4.78, 5) is 27.4. The van der Waals surface area contributed by atoms with Gasteiger partial charge in [-0.25, -0.2) is 9.18 Å². The van der Waals surface area contributed by atoms with Crippen LogP contribution in [0.3, 0.4) is 0 Å². The van der Waals surface area contributed by atoms with Gasteiger partial charge < -0.3 is 11.1 Å². The zero-order valence-electron chi connectivity index (χ0n) is 15.9. The molecular weight excluding hydrogens is 391 g/mol. The van der Waals surface area contributed by atoms with Gasteiger partial charge in [-0.15, -0.1) is 11.8 Å². The molecule has 2 aromatic carbocycles. The number of alkyl halides is 1. The number of carbonyl (C=O) groups is 2. The topological polar surface area (TPSA) is 99.2 Å². The SMILES string of the molecule is CSc1cc(C#N)ccc1[C@H]1NC(=O)N(c2cccc(CF)c2)C(C)=C1C(N)=O. The Balaban J connectivity index is 2.15. The Bertz CT molecular complexity index is 1060. The van der Waals surface area contributed by atoms with Crippen LogP contribution in [-0.4, -0.2) is 18.2 Å². The van der Waals surface area contributed by atoms with Gasteiger partial charge in [0.25, 0.3) is 0 Å². The summed E-state index contributed by atoms with van der Waals surface area (Å²) in [6.07, 6.45) is 1.85. The molecule has 1 heterocycles. The molecule has 0 bridgehead atoms. The molecule has 1 atom stereocenters. The minimum absolute atomic E-state index is 0.232. The molecule has 8 heteroatoms. The first-order chi connectivity index (χ1) is 13.9. The molecule has 1 aliphatic heterocycles. The number of nitriles is 1. The minimum Gasteiger partial charge on any atom is -0.366 e. The van der Waals surface area contributed by atoms with Gasteiger partial charge >= 0.3 is 6.03 Å². The summed E-state index contributed by atoms with van der Waals surface area (Å²) >= 11 is 1.40. The van der Waals surface area contributed by atoms with Crippen LogP contribution in [0.5, 0.6) is 0 Å². The van der Waals surface area contributed by atoms with E-state index in [1.807, 2.05) is 6.26 Å². The molecule has 0 saturated carbocycles. The highest BCUT2D eigenvalue weighted by atomic mass is 32.2. The van der Waals surface area contributed by atoms with Crippen molar-refractivity contribution in [1.82, 2.24) is 5.32 Å². The first kappa shape index (κ1) is 20.4. The van der Waals surface area contributed by atoms with Crippen molar-refractivity contribution < 1.29 is 14.0 Å². The lowest BCUT2D eigenvalue weighted by Crippen LogP contribution is -2.49. The number of allylic oxidation sites excluding steroid dienone is 1. The van der Waals surface area contributed by atoms with E-state index in [9.17, 15) is 14.0 Å². The van der Waals surface area contributed by atoms with E-state index in [2.05, 4.69) is 11.4 Å². The fourth-order valence-electron chi connectivity index (χ4n) is 3.40. The second-order valence-electron chi connectivity index (χ2n) is 6.45. The molecule has 1 aliphatic rings. The van der Waals surface area contributed by atoms with Crippen LogP contribution in [0.2, 0.25) is 0 Å². The van der Waals surface area contributed by atoms with Crippen molar-refractivity contribution >= 4 is 29.4 Å². The lowest BCUT2D eigenvalue weighted by molar-refractivity contribution is -0.115. The predicted octanol–water partition coefficient (Wildman–Crippen LogP) is 3.78. The monoisotopic (exact) mass is 410 g/mol. The van der Waals surface area contributed by atoms with E-state index in [-0.39, 0.29) is 5.57 Å². The highest BCUT2D eigenvalue weighted by molar-refractivity contribution is 7.98. The number of nitrogens with zero attached hydrogens (tertiary/aromatic N) is 2. The molecule has 0 aliphatic carbocycles. The molecule has 0 radical (unpaired) electrons. The molecule has 148 valence electrons. The molecular formula is C21H19FN4O2S. The third-order valence-electron chi connectivity index (χ3n) is 4.75. The zero-order valence-corrected chi connectivity index (χ0v) is 16.7. The summed E-state index contributed by atoms with van der Waals surface area (Å²) in [5.74, 6) is -0.671. The fraction of sp³-hybridized carbons (Fsp3) is 0.190. The number of hydrogen-bond acceptors (Lipinski definition) is 4. The van der Waals surface area contributed by atoms with Crippen molar-refractivity contribution in [3.8, 4) is 6.07 Å². The highest BCUT2D eigenvalue weighted by Gasteiger charge is 2.36. The van der Waals surface area contributed by atoms with Crippen molar-refractivity contribution in [1.29, 1.82) is 5.26 Å². The molecule has 0 spiro atoms. The lowest BCUT2D eigenvalue weighted by Gasteiger charge is -2.36. The van der Waals surface area contributed by atoms with Gasteiger partial charge in [-0.2, -0.15) is 5.26 Å². The molecule has 0 fully saturated rings. The molecule has 0 saturated heterocycles. The van der Waals surface area contributed by atoms with E-state index < -0.39 is 24.7 Å². The summed E-state index contributed by atoms with van der Waals surface area (Å²) in [6.45, 7) is 0.968. The maximum absolute atomic E-state index is 13.1. The van der Waals surface area contributed by atoms with Crippen LogP contribution in [0.1, 0.15) is 29.7 Å². The molecule has 0 unspecified atom stereocenters. The number of nitrogens with two attached hydrogens (primary N) is 1. The van der Waals surface area contributed by atoms with Crippen molar-refractivity contribution in [3.05, 3.63) is 70.4 Å². The number of hydrogen-bond donors (Lipinski definition) is 2. The summed E-state index contributed by atoms with van der Waals surface area (Å²) < 4.78 is 13.1. The predicted molar refractivity (Wildman–Crippen MR) is 110 cm³/mol. The maximum atomic E-state index is 13.1. The fourth-order valence-corrected chi connectivity index (χ4v) is 4.07. The quantitative estimate of drug-likeness (QED) is 0.733. The van der Waals surface area contributed by atoms with Crippen LogP contribution in [-0.2, 0) is 11.5 Å². The van der Waals surface area contributed by atoms with Crippen molar-refractivity contribution in [2.45, 2.75) is 24.5 Å². The largest absolute Gasteiger partial charge is 0.366 e. The van der Waals surface area contributed by atoms with Gasteiger partial charge in [0, 0.05) is 10.6 Å². The molecule has 3 amide bonds. The van der Waals surface area contributed by atoms with E-state index in [1.165, 1.54) is 16.7 Å². The van der Waals surface area contributed by atoms with E-state index in [0.717, 1.165) is 4.90 Å². The second-order valence-corrected chi connectivity index (χ2v) is 7.30. The molecule has 3 rings (SSSR count). The van der Waals surface area contributed by atoms with Crippen LogP contribution in [0.4, 0.5) is 14.9 Å². The van der Waals surface area contributed by atoms with E-state index in [4.69, 9.17) is 11.0 Å². The lowest BCUT2D eigenvalue weighted by atomic mass is 9.93. The number of anilines is 1. The van der Waals surface area contributed by atoms with Crippen LogP contribution in [0.15, 0.2) is 58.6 Å². The number of thioether (sulfide) groups is 1. The van der Waals surface area contributed by atoms with Gasteiger partial charge in [0.15, 0.2) is 0 Å². The van der Waals surface area contributed by atoms with Crippen molar-refractivity contribution in [3.63, 3.8) is 0 Å². The number of carbonyl (C=O) groups excluding carboxylic acids is 2. The smallest absolute Gasteiger partial charge is 0.326 e. The van der Waals surface area contributed by atoms with E-state index in [1.54, 1.807) is 49.4 Å². The highest BCUT2D eigenvalue weighted by Crippen LogP contribution is 2.37. The Morgan fingerprint density at radius 3 is 2.72 bits per heavy atom. The average molecular weight is 410 g/mol. The zero-order chi connectivity index (χ0) is 21.1. The van der Waals surface area contributed by atoms with Gasteiger partial charge in [-0.05, 0) is 48.6 Å². The summed E-state index contributed by atoms with van der Waals surface area (Å²) in [5, 5.41) is 12.0. The molecule has 3 N–H and O–H groups in total. The van der Waals surface area contributed by atoms with E-state index >= 15 is 0 Å². The van der Waals surface area contributed by atoms with Gasteiger partial charge in [-0.3, -0.25) is 9.69 Å². The van der Waals surface area contributed by atoms with Crippen LogP contribution < -0.4 is 16.0 Å². The summed E-state index contributed by atoms with van der Waals surface area (Å²) in [7, 11) is 0. The number of rotatable bonds is 5. The average Bonchev–Trinajstić information content (AvgIpc) is 2.72. The standard InChI is InChI=1S/C21H19FN4O2S/c1-12-18(20(24)27)19(16-7-6-14(11-23)9-17(16)29-2)25-21(28)26(12)15-5-3-4-13(8-15)10-22/h3-9,19H,10H2,1-2H3,(H2,24,27)(H,25,28)/t19-/m1/s1. The first-order valence-electron chi connectivity index (χ1n) is 8.75. The Hall–Kier alpha value is -3.31. The van der Waals surface area contributed by atoms with Gasteiger partial charge in [-0.1, -0.05) is 18.2 Å². The number of nitrogens with one attached hydrogen (secondary N) is 1. The number of benzene rings is 2. The van der Waals surface area contributed by atoms with Gasteiger partial charge in [0.1, 0.15) is 6.67 Å². The molecule has 6 nitrogen and oxygen atoms in total. The Morgan fingerprint density at radius 2 is 2.10 bits per heavy atom. The minimum atomic E-state index is -0.754. The Labute approximate surface area is 172 Å². The number of halogens is 1. The van der Waals surface area contributed by atoms with Crippen LogP contribution in [0.25, 0.3) is 0 Å². The first-order valence-corrected chi connectivity index (χ1v) is 9.97. The summed E-state index contributed by atoms with van der Waals surface area (Å²) in [6, 6.07) is 12.4. The molecule has 2 aromatic rings. The number of amides is 3. The molecule has 0 aromatic heterocycles. The van der Waals surface area contributed by atoms with Crippen molar-refractivity contribution in [2.75, 3.05) is 11.2 Å². The third-order valence-corrected chi connectivity index (χ3v) is 5.54. The van der Waals surface area contributed by atoms with Crippen molar-refractivity contribution in [2.24, 2.45) is 5.73 Å².